The number of hydrogen-bond acceptors (Lipinski definition) is 4. The molecule has 0 saturated heterocycles. The molecule has 0 unspecified atom stereocenters. The summed E-state index contributed by atoms with van der Waals surface area (Å²) in [6.45, 7) is 5.07. The summed E-state index contributed by atoms with van der Waals surface area (Å²) in [5, 5.41) is 3.15. The summed E-state index contributed by atoms with van der Waals surface area (Å²) in [4.78, 5) is 7.89. The second-order valence-electron chi connectivity index (χ2n) is 4.70. The average Bonchev–Trinajstić information content (AvgIpc) is 2.95. The lowest BCUT2D eigenvalue weighted by Gasteiger charge is -2.07. The van der Waals surface area contributed by atoms with Crippen LogP contribution in [0.5, 0.6) is 11.5 Å². The molecule has 0 atom stereocenters. The highest BCUT2D eigenvalue weighted by Gasteiger charge is 2.19. The van der Waals surface area contributed by atoms with Crippen molar-refractivity contribution in [3.8, 4) is 22.8 Å². The minimum absolute atomic E-state index is 0.293. The molecule has 0 amide bonds. The number of hydrogen-bond donors (Lipinski definition) is 2. The summed E-state index contributed by atoms with van der Waals surface area (Å²) in [6.07, 6.45) is 0. The van der Waals surface area contributed by atoms with E-state index in [1.807, 2.05) is 26.1 Å². The van der Waals surface area contributed by atoms with E-state index in [0.717, 1.165) is 46.4 Å². The van der Waals surface area contributed by atoms with Crippen molar-refractivity contribution in [3.05, 3.63) is 29.2 Å². The van der Waals surface area contributed by atoms with E-state index >= 15 is 0 Å². The average molecular weight is 259 g/mol. The largest absolute Gasteiger partial charge is 0.454 e. The lowest BCUT2D eigenvalue weighted by Crippen LogP contribution is -2.06. The molecule has 1 aromatic heterocycles. The highest BCUT2D eigenvalue weighted by molar-refractivity contribution is 5.70. The molecular weight excluding hydrogens is 242 g/mol. The minimum atomic E-state index is 0.293. The summed E-state index contributed by atoms with van der Waals surface area (Å²) in [6, 6.07) is 4.01. The topological polar surface area (TPSA) is 59.2 Å². The van der Waals surface area contributed by atoms with Crippen molar-refractivity contribution in [3.63, 3.8) is 0 Å². The molecule has 19 heavy (non-hydrogen) atoms. The molecule has 0 aliphatic carbocycles. The van der Waals surface area contributed by atoms with Gasteiger partial charge in [-0.2, -0.15) is 0 Å². The molecule has 1 aromatic carbocycles. The maximum absolute atomic E-state index is 5.45. The summed E-state index contributed by atoms with van der Waals surface area (Å²) < 4.78 is 10.8. The SMILES string of the molecule is CNCc1[nH]c(C)nc1-c1cc2c(cc1C)OCO2. The molecule has 2 aromatic rings. The Labute approximate surface area is 112 Å². The van der Waals surface area contributed by atoms with Crippen molar-refractivity contribution < 1.29 is 9.47 Å². The van der Waals surface area contributed by atoms with E-state index < -0.39 is 0 Å². The van der Waals surface area contributed by atoms with Crippen molar-refractivity contribution in [2.45, 2.75) is 20.4 Å². The first-order valence-electron chi connectivity index (χ1n) is 6.29. The smallest absolute Gasteiger partial charge is 0.231 e. The van der Waals surface area contributed by atoms with Crippen molar-refractivity contribution in [2.24, 2.45) is 0 Å². The Morgan fingerprint density at radius 2 is 2.00 bits per heavy atom. The van der Waals surface area contributed by atoms with E-state index in [1.165, 1.54) is 0 Å². The van der Waals surface area contributed by atoms with Crippen molar-refractivity contribution in [2.75, 3.05) is 13.8 Å². The number of rotatable bonds is 3. The number of ether oxygens (including phenoxy) is 2. The fourth-order valence-electron chi connectivity index (χ4n) is 2.37. The van der Waals surface area contributed by atoms with Gasteiger partial charge >= 0.3 is 0 Å². The molecule has 0 spiro atoms. The van der Waals surface area contributed by atoms with Crippen molar-refractivity contribution >= 4 is 0 Å². The Hall–Kier alpha value is -2.01. The first kappa shape index (κ1) is 12.0. The second kappa shape index (κ2) is 4.59. The molecule has 1 aliphatic rings. The van der Waals surface area contributed by atoms with Crippen LogP contribution in [-0.4, -0.2) is 23.8 Å². The van der Waals surface area contributed by atoms with Crippen LogP contribution in [0.25, 0.3) is 11.3 Å². The molecule has 100 valence electrons. The predicted molar refractivity (Wildman–Crippen MR) is 72.4 cm³/mol. The Morgan fingerprint density at radius 3 is 2.74 bits per heavy atom. The maximum atomic E-state index is 5.45. The van der Waals surface area contributed by atoms with E-state index in [4.69, 9.17) is 9.47 Å². The van der Waals surface area contributed by atoms with Crippen LogP contribution in [0.4, 0.5) is 0 Å². The number of imidazole rings is 1. The van der Waals surface area contributed by atoms with E-state index in [0.29, 0.717) is 6.79 Å². The molecule has 2 N–H and O–H groups in total. The molecule has 5 nitrogen and oxygen atoms in total. The van der Waals surface area contributed by atoms with Gasteiger partial charge in [0.15, 0.2) is 11.5 Å². The van der Waals surface area contributed by atoms with E-state index in [1.54, 1.807) is 0 Å². The van der Waals surface area contributed by atoms with Gasteiger partial charge in [-0.25, -0.2) is 4.98 Å². The summed E-state index contributed by atoms with van der Waals surface area (Å²) >= 11 is 0. The van der Waals surface area contributed by atoms with Gasteiger partial charge in [0, 0.05) is 12.1 Å². The molecular formula is C14H17N3O2. The van der Waals surface area contributed by atoms with Gasteiger partial charge in [0.05, 0.1) is 11.4 Å². The third-order valence-corrected chi connectivity index (χ3v) is 3.23. The number of aryl methyl sites for hydroxylation is 2. The molecule has 0 saturated carbocycles. The van der Waals surface area contributed by atoms with Crippen molar-refractivity contribution in [1.29, 1.82) is 0 Å². The van der Waals surface area contributed by atoms with Crippen LogP contribution in [0.3, 0.4) is 0 Å². The van der Waals surface area contributed by atoms with Gasteiger partial charge in [-0.3, -0.25) is 0 Å². The number of fused-ring (bicyclic) bond motifs is 1. The number of benzene rings is 1. The Balaban J connectivity index is 2.11. The van der Waals surface area contributed by atoms with Crippen LogP contribution in [0.15, 0.2) is 12.1 Å². The minimum Gasteiger partial charge on any atom is -0.454 e. The third kappa shape index (κ3) is 2.06. The number of aromatic amines is 1. The van der Waals surface area contributed by atoms with Crippen LogP contribution in [0, 0.1) is 13.8 Å². The van der Waals surface area contributed by atoms with Crippen LogP contribution < -0.4 is 14.8 Å². The number of H-pyrrole nitrogens is 1. The first-order valence-corrected chi connectivity index (χ1v) is 6.29. The molecule has 2 heterocycles. The van der Waals surface area contributed by atoms with Crippen LogP contribution >= 0.6 is 0 Å². The normalized spacial score (nSPS) is 13.0. The standard InChI is InChI=1S/C14H17N3O2/c1-8-4-12-13(19-7-18-12)5-10(8)14-11(6-15-3)16-9(2)17-14/h4-5,15H,6-7H2,1-3H3,(H,16,17). The van der Waals surface area contributed by atoms with Gasteiger partial charge in [-0.05, 0) is 38.6 Å². The fraction of sp³-hybridized carbons (Fsp3) is 0.357. The van der Waals surface area contributed by atoms with E-state index in [-0.39, 0.29) is 0 Å². The van der Waals surface area contributed by atoms with Crippen LogP contribution in [0.2, 0.25) is 0 Å². The van der Waals surface area contributed by atoms with Gasteiger partial charge in [0.2, 0.25) is 6.79 Å². The molecule has 1 aliphatic heterocycles. The van der Waals surface area contributed by atoms with Gasteiger partial charge in [-0.1, -0.05) is 0 Å². The molecule has 0 bridgehead atoms. The zero-order chi connectivity index (χ0) is 13.4. The second-order valence-corrected chi connectivity index (χ2v) is 4.70. The molecule has 0 radical (unpaired) electrons. The molecule has 5 heteroatoms. The van der Waals surface area contributed by atoms with Crippen LogP contribution in [-0.2, 0) is 6.54 Å². The summed E-state index contributed by atoms with van der Waals surface area (Å²) in [7, 11) is 1.92. The Kier molecular flexibility index (Phi) is 2.91. The molecule has 0 fully saturated rings. The maximum Gasteiger partial charge on any atom is 0.231 e. The van der Waals surface area contributed by atoms with Gasteiger partial charge in [-0.15, -0.1) is 0 Å². The Bertz CT molecular complexity index is 619. The summed E-state index contributed by atoms with van der Waals surface area (Å²) in [5.41, 5.74) is 4.27. The van der Waals surface area contributed by atoms with Gasteiger partial charge in [0.1, 0.15) is 5.82 Å². The number of nitrogens with one attached hydrogen (secondary N) is 2. The van der Waals surface area contributed by atoms with E-state index in [2.05, 4.69) is 22.2 Å². The first-order chi connectivity index (χ1) is 9.19. The van der Waals surface area contributed by atoms with E-state index in [9.17, 15) is 0 Å². The number of aromatic nitrogens is 2. The van der Waals surface area contributed by atoms with Gasteiger partial charge < -0.3 is 19.8 Å². The zero-order valence-corrected chi connectivity index (χ0v) is 11.3. The van der Waals surface area contributed by atoms with Crippen LogP contribution in [0.1, 0.15) is 17.1 Å². The van der Waals surface area contributed by atoms with Crippen molar-refractivity contribution in [1.82, 2.24) is 15.3 Å². The zero-order valence-electron chi connectivity index (χ0n) is 11.3. The summed E-state index contributed by atoms with van der Waals surface area (Å²) in [5.74, 6) is 2.51. The molecule has 3 rings (SSSR count). The monoisotopic (exact) mass is 259 g/mol. The lowest BCUT2D eigenvalue weighted by atomic mass is 10.0. The predicted octanol–water partition coefficient (Wildman–Crippen LogP) is 2.14. The number of nitrogens with zero attached hydrogens (tertiary/aromatic N) is 1. The highest BCUT2D eigenvalue weighted by atomic mass is 16.7. The van der Waals surface area contributed by atoms with Gasteiger partial charge in [0.25, 0.3) is 0 Å². The fourth-order valence-corrected chi connectivity index (χ4v) is 2.37. The quantitative estimate of drug-likeness (QED) is 0.886. The Morgan fingerprint density at radius 1 is 1.26 bits per heavy atom. The lowest BCUT2D eigenvalue weighted by molar-refractivity contribution is 0.174. The third-order valence-electron chi connectivity index (χ3n) is 3.23. The highest BCUT2D eigenvalue weighted by Crippen LogP contribution is 2.38.